The molecule has 186 valence electrons. The van der Waals surface area contributed by atoms with Gasteiger partial charge in [0.2, 0.25) is 11.8 Å². The van der Waals surface area contributed by atoms with E-state index < -0.39 is 18.2 Å². The first-order chi connectivity index (χ1) is 17.4. The molecule has 0 bridgehead atoms. The van der Waals surface area contributed by atoms with Crippen LogP contribution >= 0.6 is 0 Å². The maximum Gasteiger partial charge on any atom is 0.411 e. The van der Waals surface area contributed by atoms with E-state index >= 15 is 0 Å². The number of carbonyl (C=O) groups is 3. The highest BCUT2D eigenvalue weighted by molar-refractivity contribution is 5.92. The van der Waals surface area contributed by atoms with Gasteiger partial charge < -0.3 is 20.1 Å². The minimum atomic E-state index is -0.864. The zero-order valence-electron chi connectivity index (χ0n) is 20.3. The first-order valence-electron chi connectivity index (χ1n) is 11.7. The highest BCUT2D eigenvalue weighted by Crippen LogP contribution is 2.34. The molecule has 2 atom stereocenters. The van der Waals surface area contributed by atoms with E-state index in [-0.39, 0.29) is 25.0 Å². The Kier molecular flexibility index (Phi) is 7.97. The largest absolute Gasteiger partial charge is 0.438 e. The van der Waals surface area contributed by atoms with Gasteiger partial charge in [-0.2, -0.15) is 0 Å². The van der Waals surface area contributed by atoms with Crippen LogP contribution in [0.25, 0.3) is 0 Å². The smallest absolute Gasteiger partial charge is 0.411 e. The summed E-state index contributed by atoms with van der Waals surface area (Å²) in [5.74, 6) is -0.584. The zero-order valence-corrected chi connectivity index (χ0v) is 20.3. The van der Waals surface area contributed by atoms with Crippen molar-refractivity contribution >= 4 is 23.6 Å². The van der Waals surface area contributed by atoms with Crippen LogP contribution in [0.15, 0.2) is 78.9 Å². The second-order valence-electron chi connectivity index (χ2n) is 8.67. The Morgan fingerprint density at radius 1 is 0.944 bits per heavy atom. The summed E-state index contributed by atoms with van der Waals surface area (Å²) in [6, 6.07) is 23.4. The van der Waals surface area contributed by atoms with Gasteiger partial charge in [-0.3, -0.25) is 14.5 Å². The Balaban J connectivity index is 1.56. The van der Waals surface area contributed by atoms with Gasteiger partial charge in [0.15, 0.2) is 12.1 Å². The van der Waals surface area contributed by atoms with Crippen LogP contribution in [0.2, 0.25) is 0 Å². The van der Waals surface area contributed by atoms with Gasteiger partial charge >= 0.3 is 6.09 Å². The lowest BCUT2D eigenvalue weighted by Gasteiger charge is -2.24. The van der Waals surface area contributed by atoms with Gasteiger partial charge in [0.05, 0.1) is 6.54 Å². The molecular formula is C28H29N3O5. The lowest BCUT2D eigenvalue weighted by molar-refractivity contribution is -0.126. The van der Waals surface area contributed by atoms with E-state index in [1.807, 2.05) is 61.5 Å². The number of ether oxygens (including phenoxy) is 2. The molecule has 1 fully saturated rings. The summed E-state index contributed by atoms with van der Waals surface area (Å²) in [7, 11) is 1.45. The van der Waals surface area contributed by atoms with Gasteiger partial charge in [-0.15, -0.1) is 0 Å². The quantitative estimate of drug-likeness (QED) is 0.476. The van der Waals surface area contributed by atoms with Crippen LogP contribution in [0.5, 0.6) is 0 Å². The molecule has 1 aliphatic heterocycles. The van der Waals surface area contributed by atoms with E-state index in [0.717, 1.165) is 16.7 Å². The van der Waals surface area contributed by atoms with Crippen LogP contribution in [0.4, 0.5) is 10.5 Å². The third kappa shape index (κ3) is 6.09. The van der Waals surface area contributed by atoms with Crippen molar-refractivity contribution in [2.75, 3.05) is 19.0 Å². The van der Waals surface area contributed by atoms with E-state index in [2.05, 4.69) is 10.6 Å². The van der Waals surface area contributed by atoms with Gasteiger partial charge in [0, 0.05) is 19.3 Å². The van der Waals surface area contributed by atoms with E-state index in [1.165, 1.54) is 12.0 Å². The molecule has 8 nitrogen and oxygen atoms in total. The topological polar surface area (TPSA) is 97.0 Å². The molecule has 8 heteroatoms. The Hall–Kier alpha value is -4.17. The molecule has 36 heavy (non-hydrogen) atoms. The number of hydrogen-bond donors (Lipinski definition) is 2. The number of aryl methyl sites for hydroxylation is 1. The van der Waals surface area contributed by atoms with Crippen molar-refractivity contribution in [1.82, 2.24) is 10.2 Å². The Bertz CT molecular complexity index is 1200. The molecule has 0 saturated carbocycles. The number of cyclic esters (lactones) is 1. The molecular weight excluding hydrogens is 458 g/mol. The number of amides is 3. The molecule has 0 aliphatic carbocycles. The summed E-state index contributed by atoms with van der Waals surface area (Å²) < 4.78 is 10.6. The van der Waals surface area contributed by atoms with Crippen molar-refractivity contribution < 1.29 is 23.9 Å². The fourth-order valence-corrected chi connectivity index (χ4v) is 4.07. The van der Waals surface area contributed by atoms with Gasteiger partial charge in [0.25, 0.3) is 0 Å². The highest BCUT2D eigenvalue weighted by atomic mass is 16.6. The molecule has 0 aromatic heterocycles. The van der Waals surface area contributed by atoms with Crippen molar-refractivity contribution in [3.05, 3.63) is 101 Å². The number of anilines is 1. The van der Waals surface area contributed by atoms with E-state index in [0.29, 0.717) is 17.8 Å². The first kappa shape index (κ1) is 24.9. The Morgan fingerprint density at radius 3 is 2.31 bits per heavy atom. The van der Waals surface area contributed by atoms with Gasteiger partial charge in [-0.05, 0) is 35.7 Å². The number of nitrogens with one attached hydrogen (secondary N) is 2. The number of benzene rings is 3. The average Bonchev–Trinajstić information content (AvgIpc) is 3.21. The van der Waals surface area contributed by atoms with Crippen LogP contribution < -0.4 is 10.6 Å². The Labute approximate surface area is 210 Å². The third-order valence-corrected chi connectivity index (χ3v) is 5.93. The molecule has 3 aromatic carbocycles. The fraction of sp³-hybridized carbons (Fsp3) is 0.250. The highest BCUT2D eigenvalue weighted by Gasteiger charge is 2.46. The number of rotatable bonds is 9. The minimum Gasteiger partial charge on any atom is -0.438 e. The maximum absolute atomic E-state index is 13.4. The van der Waals surface area contributed by atoms with Crippen molar-refractivity contribution in [2.24, 2.45) is 0 Å². The van der Waals surface area contributed by atoms with Crippen molar-refractivity contribution in [1.29, 1.82) is 0 Å². The van der Waals surface area contributed by atoms with Crippen LogP contribution in [-0.2, 0) is 32.2 Å². The Morgan fingerprint density at radius 2 is 1.64 bits per heavy atom. The summed E-state index contributed by atoms with van der Waals surface area (Å²) in [4.78, 5) is 39.6. The van der Waals surface area contributed by atoms with Crippen LogP contribution in [0.3, 0.4) is 0 Å². The predicted molar refractivity (Wildman–Crippen MR) is 135 cm³/mol. The second kappa shape index (κ2) is 11.5. The monoisotopic (exact) mass is 487 g/mol. The van der Waals surface area contributed by atoms with E-state index in [1.54, 1.807) is 24.3 Å². The van der Waals surface area contributed by atoms with Gasteiger partial charge in [0.1, 0.15) is 6.61 Å². The number of methoxy groups -OCH3 is 1. The molecule has 3 amide bonds. The summed E-state index contributed by atoms with van der Waals surface area (Å²) in [5.41, 5.74) is 4.19. The molecule has 2 unspecified atom stereocenters. The van der Waals surface area contributed by atoms with Crippen molar-refractivity contribution in [2.45, 2.75) is 32.2 Å². The first-order valence-corrected chi connectivity index (χ1v) is 11.7. The lowest BCUT2D eigenvalue weighted by atomic mass is 10.00. The molecule has 0 radical (unpaired) electrons. The standard InChI is InChI=1S/C28H29N3O5/c1-19-8-10-21(11-9-19)17-31-25(27(33)29-16-20-6-4-3-5-7-20)26(36-28(31)34)22-12-14-23(15-13-22)30-24(32)18-35-2/h3-15,25-26H,16-18H2,1-2H3,(H,29,33)(H,30,32). The van der Waals surface area contributed by atoms with Gasteiger partial charge in [-0.25, -0.2) is 4.79 Å². The normalized spacial score (nSPS) is 16.9. The minimum absolute atomic E-state index is 0.0559. The number of hydrogen-bond acceptors (Lipinski definition) is 5. The molecule has 1 aliphatic rings. The zero-order chi connectivity index (χ0) is 25.5. The van der Waals surface area contributed by atoms with Crippen LogP contribution in [0.1, 0.15) is 28.4 Å². The predicted octanol–water partition coefficient (Wildman–Crippen LogP) is 3.96. The van der Waals surface area contributed by atoms with Crippen LogP contribution in [-0.4, -0.2) is 42.6 Å². The average molecular weight is 488 g/mol. The fourth-order valence-electron chi connectivity index (χ4n) is 4.07. The third-order valence-electron chi connectivity index (χ3n) is 5.93. The number of nitrogens with zero attached hydrogens (tertiary/aromatic N) is 1. The molecule has 1 heterocycles. The van der Waals surface area contributed by atoms with Gasteiger partial charge in [-0.1, -0.05) is 72.3 Å². The summed E-state index contributed by atoms with van der Waals surface area (Å²) in [5, 5.41) is 5.68. The molecule has 0 spiro atoms. The second-order valence-corrected chi connectivity index (χ2v) is 8.67. The van der Waals surface area contributed by atoms with E-state index in [9.17, 15) is 14.4 Å². The summed E-state index contributed by atoms with van der Waals surface area (Å²) in [6.45, 7) is 2.51. The van der Waals surface area contributed by atoms with Crippen LogP contribution in [0, 0.1) is 6.92 Å². The summed E-state index contributed by atoms with van der Waals surface area (Å²) >= 11 is 0. The molecule has 1 saturated heterocycles. The molecule has 2 N–H and O–H groups in total. The number of carbonyl (C=O) groups excluding carboxylic acids is 3. The lowest BCUT2D eigenvalue weighted by Crippen LogP contribution is -2.46. The summed E-state index contributed by atoms with van der Waals surface area (Å²) in [6.07, 6.45) is -1.36. The molecule has 4 rings (SSSR count). The SMILES string of the molecule is COCC(=O)Nc1ccc(C2OC(=O)N(Cc3ccc(C)cc3)C2C(=O)NCc2ccccc2)cc1. The van der Waals surface area contributed by atoms with E-state index in [4.69, 9.17) is 9.47 Å². The molecule has 3 aromatic rings. The van der Waals surface area contributed by atoms with Crippen molar-refractivity contribution in [3.8, 4) is 0 Å². The van der Waals surface area contributed by atoms with Crippen molar-refractivity contribution in [3.63, 3.8) is 0 Å². The maximum atomic E-state index is 13.4.